The van der Waals surface area contributed by atoms with Gasteiger partial charge in [0.1, 0.15) is 0 Å². The number of hydrogen-bond acceptors (Lipinski definition) is 7. The molecule has 0 aliphatic heterocycles. The highest BCUT2D eigenvalue weighted by Crippen LogP contribution is 2.27. The fraction of sp³-hybridized carbons (Fsp3) is 0.643. The molecule has 1 aliphatic rings. The van der Waals surface area contributed by atoms with E-state index >= 15 is 0 Å². The molecule has 0 amide bonds. The van der Waals surface area contributed by atoms with Gasteiger partial charge in [-0.3, -0.25) is 4.79 Å². The van der Waals surface area contributed by atoms with E-state index in [4.69, 9.17) is 0 Å². The first-order chi connectivity index (χ1) is 11.7. The topological polar surface area (TPSA) is 133 Å². The van der Waals surface area contributed by atoms with Crippen LogP contribution in [-0.2, 0) is 29.2 Å². The lowest BCUT2D eigenvalue weighted by Crippen LogP contribution is -2.35. The molecule has 1 N–H and O–H groups in total. The molecule has 9 nitrogen and oxygen atoms in total. The molecule has 25 heavy (non-hydrogen) atoms. The van der Waals surface area contributed by atoms with Gasteiger partial charge in [0.15, 0.2) is 19.4 Å². The standard InChI is InChI=1S/C14H21N2O7S2/c1-23-14(17)9-10-24(19,20)12-7-8-13(16(18)15-12)25(21,22)11-5-3-2-4-6-11/h7-8,11H,2-6,9-10H2,1H3,(H,15,18)/q+1. The maximum Gasteiger partial charge on any atom is 0.382 e. The van der Waals surface area contributed by atoms with Gasteiger partial charge in [-0.1, -0.05) is 19.3 Å². The van der Waals surface area contributed by atoms with Crippen LogP contribution in [-0.4, -0.2) is 46.0 Å². The molecule has 140 valence electrons. The van der Waals surface area contributed by atoms with Crippen molar-refractivity contribution in [3.05, 3.63) is 17.0 Å². The number of ether oxygens (including phenoxy) is 1. The summed E-state index contributed by atoms with van der Waals surface area (Å²) in [5.74, 6) is -1.25. The van der Waals surface area contributed by atoms with Crippen molar-refractivity contribution in [2.75, 3.05) is 12.9 Å². The van der Waals surface area contributed by atoms with Crippen LogP contribution in [0, 0.1) is 4.91 Å². The lowest BCUT2D eigenvalue weighted by molar-refractivity contribution is -0.610. The van der Waals surface area contributed by atoms with Gasteiger partial charge in [-0.25, -0.2) is 16.8 Å². The van der Waals surface area contributed by atoms with E-state index in [1.807, 2.05) is 5.10 Å². The molecule has 11 heteroatoms. The Kier molecular flexibility index (Phi) is 5.99. The zero-order chi connectivity index (χ0) is 18.7. The van der Waals surface area contributed by atoms with Crippen LogP contribution in [0.15, 0.2) is 22.2 Å². The Hall–Kier alpha value is -1.75. The van der Waals surface area contributed by atoms with Gasteiger partial charge < -0.3 is 4.74 Å². The van der Waals surface area contributed by atoms with Crippen LogP contribution in [0.25, 0.3) is 0 Å². The summed E-state index contributed by atoms with van der Waals surface area (Å²) in [5.41, 5.74) is 0. The quantitative estimate of drug-likeness (QED) is 0.545. The summed E-state index contributed by atoms with van der Waals surface area (Å²) in [6.07, 6.45) is 3.14. The predicted molar refractivity (Wildman–Crippen MR) is 86.9 cm³/mol. The minimum absolute atomic E-state index is 0.0328. The largest absolute Gasteiger partial charge is 0.469 e. The number of hydrogen-bond donors (Lipinski definition) is 1. The molecule has 1 aromatic rings. The number of aromatic amines is 1. The van der Waals surface area contributed by atoms with Crippen LogP contribution in [0.1, 0.15) is 38.5 Å². The van der Waals surface area contributed by atoms with E-state index in [1.165, 1.54) is 0 Å². The average Bonchev–Trinajstić information content (AvgIpc) is 2.60. The van der Waals surface area contributed by atoms with E-state index in [1.54, 1.807) is 0 Å². The van der Waals surface area contributed by atoms with Crippen molar-refractivity contribution in [3.63, 3.8) is 0 Å². The Labute approximate surface area is 145 Å². The van der Waals surface area contributed by atoms with Crippen molar-refractivity contribution < 1.29 is 30.9 Å². The summed E-state index contributed by atoms with van der Waals surface area (Å²) in [4.78, 5) is 23.2. The number of sulfone groups is 2. The summed E-state index contributed by atoms with van der Waals surface area (Å²) in [6, 6.07) is 2.04. The second kappa shape index (κ2) is 7.65. The molecular weight excluding hydrogens is 372 g/mol. The van der Waals surface area contributed by atoms with Gasteiger partial charge in [-0.05, 0) is 18.9 Å². The smallest absolute Gasteiger partial charge is 0.382 e. The number of H-pyrrole nitrogens is 1. The average molecular weight is 393 g/mol. The fourth-order valence-corrected chi connectivity index (χ4v) is 5.75. The van der Waals surface area contributed by atoms with Gasteiger partial charge in [0.05, 0.1) is 29.4 Å². The molecule has 0 atom stereocenters. The zero-order valence-electron chi connectivity index (χ0n) is 13.8. The van der Waals surface area contributed by atoms with Crippen LogP contribution in [0.2, 0.25) is 0 Å². The van der Waals surface area contributed by atoms with Crippen molar-refractivity contribution in [3.8, 4) is 0 Å². The molecule has 2 rings (SSSR count). The minimum Gasteiger partial charge on any atom is -0.469 e. The summed E-state index contributed by atoms with van der Waals surface area (Å²) >= 11 is 0. The Bertz CT molecular complexity index is 897. The third-order valence-electron chi connectivity index (χ3n) is 4.21. The molecule has 1 aliphatic carbocycles. The molecule has 0 aromatic carbocycles. The summed E-state index contributed by atoms with van der Waals surface area (Å²) in [6.45, 7) is 0. The van der Waals surface area contributed by atoms with Gasteiger partial charge in [0.2, 0.25) is 9.84 Å². The predicted octanol–water partition coefficient (Wildman–Crippen LogP) is 0.372. The number of nitrogens with zero attached hydrogens (tertiary/aromatic N) is 1. The number of nitrogens with one attached hydrogen (secondary N) is 1. The second-order valence-corrected chi connectivity index (χ2v) is 10.1. The lowest BCUT2D eigenvalue weighted by Gasteiger charge is -2.18. The highest BCUT2D eigenvalue weighted by atomic mass is 32.2. The van der Waals surface area contributed by atoms with Crippen LogP contribution >= 0.6 is 0 Å². The van der Waals surface area contributed by atoms with E-state index in [0.717, 1.165) is 38.5 Å². The molecule has 1 aromatic heterocycles. The molecule has 0 bridgehead atoms. The molecule has 0 radical (unpaired) electrons. The van der Waals surface area contributed by atoms with Gasteiger partial charge in [-0.15, -0.1) is 5.10 Å². The summed E-state index contributed by atoms with van der Waals surface area (Å²) in [7, 11) is -6.64. The number of carbonyl (C=O) groups excluding carboxylic acids is 1. The first-order valence-electron chi connectivity index (χ1n) is 7.88. The van der Waals surface area contributed by atoms with E-state index < -0.39 is 46.7 Å². The maximum absolute atomic E-state index is 12.6. The number of methoxy groups -OCH3 is 1. The monoisotopic (exact) mass is 393 g/mol. The molecule has 1 fully saturated rings. The lowest BCUT2D eigenvalue weighted by atomic mass is 10.0. The second-order valence-electron chi connectivity index (χ2n) is 5.89. The van der Waals surface area contributed by atoms with Crippen molar-refractivity contribution in [1.82, 2.24) is 5.10 Å². The number of rotatable bonds is 6. The van der Waals surface area contributed by atoms with E-state index in [-0.39, 0.29) is 11.0 Å². The van der Waals surface area contributed by atoms with Crippen LogP contribution < -0.4 is 4.54 Å². The van der Waals surface area contributed by atoms with Gasteiger partial charge in [0.25, 0.3) is 0 Å². The molecule has 0 unspecified atom stereocenters. The number of aromatic nitrogens is 2. The fourth-order valence-electron chi connectivity index (χ4n) is 2.77. The van der Waals surface area contributed by atoms with E-state index in [0.29, 0.717) is 12.8 Å². The van der Waals surface area contributed by atoms with E-state index in [9.17, 15) is 26.5 Å². The van der Waals surface area contributed by atoms with E-state index in [2.05, 4.69) is 4.74 Å². The third kappa shape index (κ3) is 4.46. The Balaban J connectivity index is 2.28. The van der Waals surface area contributed by atoms with Crippen LogP contribution in [0.3, 0.4) is 0 Å². The van der Waals surface area contributed by atoms with Crippen molar-refractivity contribution >= 4 is 25.6 Å². The molecule has 0 saturated heterocycles. The first-order valence-corrected chi connectivity index (χ1v) is 11.1. The Morgan fingerprint density at radius 1 is 1.20 bits per heavy atom. The highest BCUT2D eigenvalue weighted by Gasteiger charge is 2.37. The zero-order valence-corrected chi connectivity index (χ0v) is 15.4. The van der Waals surface area contributed by atoms with Gasteiger partial charge >= 0.3 is 11.0 Å². The van der Waals surface area contributed by atoms with Gasteiger partial charge in [0, 0.05) is 6.07 Å². The first kappa shape index (κ1) is 19.6. The molecule has 1 heterocycles. The van der Waals surface area contributed by atoms with Crippen molar-refractivity contribution in [2.24, 2.45) is 0 Å². The van der Waals surface area contributed by atoms with Crippen molar-refractivity contribution in [1.29, 1.82) is 0 Å². The van der Waals surface area contributed by atoms with Gasteiger partial charge in [-0.2, -0.15) is 0 Å². The SMILES string of the molecule is COC(=O)CCS(=O)(=O)c1ccc(S(=O)(=O)C2CCCCC2)[n+](=O)[nH]1. The Morgan fingerprint density at radius 2 is 1.84 bits per heavy atom. The van der Waals surface area contributed by atoms with Crippen LogP contribution in [0.5, 0.6) is 0 Å². The molecule has 1 saturated carbocycles. The van der Waals surface area contributed by atoms with Crippen LogP contribution in [0.4, 0.5) is 0 Å². The molecular formula is C14H21N2O7S2+. The minimum atomic E-state index is -3.95. The summed E-state index contributed by atoms with van der Waals surface area (Å²) in [5, 5.41) is 0.473. The highest BCUT2D eigenvalue weighted by molar-refractivity contribution is 7.92. The normalized spacial score (nSPS) is 16.5. The summed E-state index contributed by atoms with van der Waals surface area (Å²) < 4.78 is 53.7. The Morgan fingerprint density at radius 3 is 2.40 bits per heavy atom. The molecule has 0 spiro atoms. The third-order valence-corrected chi connectivity index (χ3v) is 8.08. The van der Waals surface area contributed by atoms with Crippen molar-refractivity contribution in [2.45, 2.75) is 53.8 Å². The maximum atomic E-state index is 12.6. The number of esters is 1. The number of carbonyl (C=O) groups is 1.